The van der Waals surface area contributed by atoms with Gasteiger partial charge in [0.05, 0.1) is 7.11 Å². The number of carbonyl (C=O) groups is 1. The van der Waals surface area contributed by atoms with Gasteiger partial charge in [0.2, 0.25) is 5.91 Å². The maximum absolute atomic E-state index is 11.8. The molecular formula is C13H20N2O2S. The van der Waals surface area contributed by atoms with Crippen LogP contribution in [-0.4, -0.2) is 25.0 Å². The zero-order valence-electron chi connectivity index (χ0n) is 11.0. The molecule has 0 saturated heterocycles. The number of rotatable bonds is 6. The molecule has 1 aromatic carbocycles. The minimum absolute atomic E-state index is 0.00653. The first-order valence-electron chi connectivity index (χ1n) is 5.77. The molecular weight excluding hydrogens is 248 g/mol. The molecule has 0 spiro atoms. The average Bonchev–Trinajstić information content (AvgIpc) is 2.36. The Morgan fingerprint density at radius 1 is 1.56 bits per heavy atom. The summed E-state index contributed by atoms with van der Waals surface area (Å²) in [7, 11) is 1.60. The van der Waals surface area contributed by atoms with Crippen molar-refractivity contribution >= 4 is 23.4 Å². The molecule has 0 bridgehead atoms. The fraction of sp³-hybridized carbons (Fsp3) is 0.462. The Hall–Kier alpha value is -1.36. The highest BCUT2D eigenvalue weighted by Gasteiger charge is 2.12. The molecule has 0 heterocycles. The summed E-state index contributed by atoms with van der Waals surface area (Å²) in [6, 6.07) is 5.40. The normalized spacial score (nSPS) is 11.9. The Balaban J connectivity index is 2.62. The number of benzene rings is 1. The molecule has 0 aliphatic rings. The lowest BCUT2D eigenvalue weighted by Gasteiger charge is -2.13. The number of hydrogen-bond acceptors (Lipinski definition) is 4. The molecule has 4 nitrogen and oxygen atoms in total. The number of carbonyl (C=O) groups excluding carboxylic acids is 1. The molecule has 18 heavy (non-hydrogen) atoms. The Labute approximate surface area is 112 Å². The number of nitrogens with two attached hydrogens (primary N) is 1. The molecule has 0 fully saturated rings. The quantitative estimate of drug-likeness (QED) is 0.773. The summed E-state index contributed by atoms with van der Waals surface area (Å²) >= 11 is 1.66. The summed E-state index contributed by atoms with van der Waals surface area (Å²) in [5.74, 6) is 1.61. The van der Waals surface area contributed by atoms with Gasteiger partial charge in [-0.25, -0.2) is 0 Å². The Bertz CT molecular complexity index is 410. The van der Waals surface area contributed by atoms with Crippen molar-refractivity contribution in [1.82, 2.24) is 5.32 Å². The van der Waals surface area contributed by atoms with Crippen molar-refractivity contribution in [2.75, 3.05) is 24.9 Å². The van der Waals surface area contributed by atoms with Crippen molar-refractivity contribution in [2.24, 2.45) is 5.92 Å². The fourth-order valence-corrected chi connectivity index (χ4v) is 2.27. The zero-order chi connectivity index (χ0) is 13.5. The minimum Gasteiger partial charge on any atom is -0.496 e. The maximum atomic E-state index is 11.8. The summed E-state index contributed by atoms with van der Waals surface area (Å²) in [6.07, 6.45) is 1.99. The van der Waals surface area contributed by atoms with Crippen LogP contribution in [0.2, 0.25) is 0 Å². The number of nitrogen functional groups attached to an aromatic ring is 1. The van der Waals surface area contributed by atoms with Crippen LogP contribution in [0.1, 0.15) is 12.5 Å². The van der Waals surface area contributed by atoms with E-state index in [9.17, 15) is 4.79 Å². The van der Waals surface area contributed by atoms with E-state index in [1.807, 2.05) is 25.3 Å². The van der Waals surface area contributed by atoms with Crippen LogP contribution in [0.25, 0.3) is 0 Å². The van der Waals surface area contributed by atoms with Gasteiger partial charge in [-0.1, -0.05) is 6.92 Å². The molecule has 5 heteroatoms. The second kappa shape index (κ2) is 7.16. The average molecular weight is 268 g/mol. The van der Waals surface area contributed by atoms with Gasteiger partial charge in [-0.15, -0.1) is 0 Å². The van der Waals surface area contributed by atoms with E-state index in [2.05, 4.69) is 5.32 Å². The number of amides is 1. The van der Waals surface area contributed by atoms with Crippen LogP contribution >= 0.6 is 11.8 Å². The number of methoxy groups -OCH3 is 1. The van der Waals surface area contributed by atoms with Gasteiger partial charge in [-0.05, 0) is 24.5 Å². The van der Waals surface area contributed by atoms with Crippen LogP contribution in [0.4, 0.5) is 5.69 Å². The monoisotopic (exact) mass is 268 g/mol. The molecule has 3 N–H and O–H groups in total. The van der Waals surface area contributed by atoms with Gasteiger partial charge in [-0.2, -0.15) is 11.8 Å². The van der Waals surface area contributed by atoms with E-state index in [4.69, 9.17) is 10.5 Å². The second-order valence-electron chi connectivity index (χ2n) is 4.15. The highest BCUT2D eigenvalue weighted by atomic mass is 32.2. The van der Waals surface area contributed by atoms with Gasteiger partial charge in [0.15, 0.2) is 0 Å². The van der Waals surface area contributed by atoms with Crippen LogP contribution < -0.4 is 15.8 Å². The van der Waals surface area contributed by atoms with Crippen LogP contribution in [0.15, 0.2) is 18.2 Å². The molecule has 0 aromatic heterocycles. The van der Waals surface area contributed by atoms with Crippen molar-refractivity contribution in [3.05, 3.63) is 23.8 Å². The lowest BCUT2D eigenvalue weighted by Crippen LogP contribution is -2.30. The van der Waals surface area contributed by atoms with Crippen molar-refractivity contribution in [2.45, 2.75) is 13.5 Å². The van der Waals surface area contributed by atoms with Gasteiger partial charge in [0, 0.05) is 29.5 Å². The summed E-state index contributed by atoms with van der Waals surface area (Å²) in [4.78, 5) is 11.8. The maximum Gasteiger partial charge on any atom is 0.223 e. The molecule has 0 saturated carbocycles. The van der Waals surface area contributed by atoms with Crippen molar-refractivity contribution < 1.29 is 9.53 Å². The Morgan fingerprint density at radius 2 is 2.28 bits per heavy atom. The topological polar surface area (TPSA) is 64.3 Å². The van der Waals surface area contributed by atoms with E-state index in [0.29, 0.717) is 12.2 Å². The highest BCUT2D eigenvalue weighted by molar-refractivity contribution is 7.98. The third-order valence-electron chi connectivity index (χ3n) is 2.62. The van der Waals surface area contributed by atoms with E-state index in [1.54, 1.807) is 24.9 Å². The van der Waals surface area contributed by atoms with E-state index >= 15 is 0 Å². The van der Waals surface area contributed by atoms with Gasteiger partial charge in [0.25, 0.3) is 0 Å². The predicted octanol–water partition coefficient (Wildman–Crippen LogP) is 1.89. The molecule has 0 radical (unpaired) electrons. The van der Waals surface area contributed by atoms with E-state index in [-0.39, 0.29) is 11.8 Å². The van der Waals surface area contributed by atoms with Crippen molar-refractivity contribution in [3.63, 3.8) is 0 Å². The van der Waals surface area contributed by atoms with Crippen molar-refractivity contribution in [3.8, 4) is 5.75 Å². The van der Waals surface area contributed by atoms with Gasteiger partial charge in [0.1, 0.15) is 5.75 Å². The molecule has 1 amide bonds. The third-order valence-corrected chi connectivity index (χ3v) is 3.46. The standard InChI is InChI=1S/C13H20N2O2S/c1-9(8-18-3)13(16)15-7-10-6-11(14)4-5-12(10)17-2/h4-6,9H,7-8,14H2,1-3H3,(H,15,16). The summed E-state index contributed by atoms with van der Waals surface area (Å²) in [6.45, 7) is 2.36. The zero-order valence-corrected chi connectivity index (χ0v) is 11.8. The van der Waals surface area contributed by atoms with E-state index < -0.39 is 0 Å². The highest BCUT2D eigenvalue weighted by Crippen LogP contribution is 2.20. The Morgan fingerprint density at radius 3 is 2.89 bits per heavy atom. The third kappa shape index (κ3) is 4.14. The largest absolute Gasteiger partial charge is 0.496 e. The number of nitrogens with one attached hydrogen (secondary N) is 1. The van der Waals surface area contributed by atoms with E-state index in [1.165, 1.54) is 0 Å². The smallest absolute Gasteiger partial charge is 0.223 e. The minimum atomic E-state index is 0.00653. The SMILES string of the molecule is COc1ccc(N)cc1CNC(=O)C(C)CSC. The summed E-state index contributed by atoms with van der Waals surface area (Å²) < 4.78 is 5.23. The van der Waals surface area contributed by atoms with Crippen LogP contribution in [-0.2, 0) is 11.3 Å². The first kappa shape index (κ1) is 14.7. The molecule has 0 aliphatic carbocycles. The Kier molecular flexibility index (Phi) is 5.85. The predicted molar refractivity (Wildman–Crippen MR) is 76.8 cm³/mol. The van der Waals surface area contributed by atoms with Crippen LogP contribution in [0.5, 0.6) is 5.75 Å². The molecule has 1 unspecified atom stereocenters. The number of thioether (sulfide) groups is 1. The van der Waals surface area contributed by atoms with Crippen LogP contribution in [0.3, 0.4) is 0 Å². The van der Waals surface area contributed by atoms with Gasteiger partial charge in [-0.3, -0.25) is 4.79 Å². The molecule has 0 aliphatic heterocycles. The lowest BCUT2D eigenvalue weighted by atomic mass is 10.1. The number of hydrogen-bond donors (Lipinski definition) is 2. The second-order valence-corrected chi connectivity index (χ2v) is 5.06. The molecule has 1 rings (SSSR count). The summed E-state index contributed by atoms with van der Waals surface area (Å²) in [5, 5.41) is 2.90. The van der Waals surface area contributed by atoms with Gasteiger partial charge >= 0.3 is 0 Å². The van der Waals surface area contributed by atoms with Crippen molar-refractivity contribution in [1.29, 1.82) is 0 Å². The number of anilines is 1. The first-order valence-corrected chi connectivity index (χ1v) is 7.17. The first-order chi connectivity index (χ1) is 8.58. The molecule has 1 aromatic rings. The molecule has 100 valence electrons. The molecule has 1 atom stereocenters. The fourth-order valence-electron chi connectivity index (χ4n) is 1.62. The van der Waals surface area contributed by atoms with E-state index in [0.717, 1.165) is 17.1 Å². The number of ether oxygens (including phenoxy) is 1. The lowest BCUT2D eigenvalue weighted by molar-refractivity contribution is -0.124. The summed E-state index contributed by atoms with van der Waals surface area (Å²) in [5.41, 5.74) is 7.28. The van der Waals surface area contributed by atoms with Crippen LogP contribution in [0, 0.1) is 5.92 Å². The van der Waals surface area contributed by atoms with Gasteiger partial charge < -0.3 is 15.8 Å².